The van der Waals surface area contributed by atoms with Gasteiger partial charge in [0.05, 0.1) is 13.1 Å². The molecule has 2 rings (SSSR count). The zero-order valence-electron chi connectivity index (χ0n) is 17.5. The summed E-state index contributed by atoms with van der Waals surface area (Å²) in [7, 11) is 0. The van der Waals surface area contributed by atoms with Crippen LogP contribution in [-0.4, -0.2) is 71.2 Å². The maximum atomic E-state index is 13.0. The molecule has 0 bridgehead atoms. The molecule has 1 fully saturated rings. The van der Waals surface area contributed by atoms with Gasteiger partial charge in [0.15, 0.2) is 17.7 Å². The van der Waals surface area contributed by atoms with Crippen LogP contribution in [0.1, 0.15) is 41.0 Å². The molecule has 0 saturated carbocycles. The van der Waals surface area contributed by atoms with Crippen molar-refractivity contribution in [1.29, 1.82) is 0 Å². The van der Waals surface area contributed by atoms with Crippen LogP contribution < -0.4 is 0 Å². The highest BCUT2D eigenvalue weighted by Crippen LogP contribution is 2.38. The van der Waals surface area contributed by atoms with E-state index in [0.717, 1.165) is 5.57 Å². The number of carbonyl (C=O) groups excluding carboxylic acids is 3. The summed E-state index contributed by atoms with van der Waals surface area (Å²) in [6.07, 6.45) is 1.76. The molecule has 9 nitrogen and oxygen atoms in total. The van der Waals surface area contributed by atoms with Crippen molar-refractivity contribution < 1.29 is 38.3 Å². The molecule has 0 aromatic heterocycles. The Morgan fingerprint density at radius 1 is 1.38 bits per heavy atom. The smallest absolute Gasteiger partial charge is 0.342 e. The van der Waals surface area contributed by atoms with Gasteiger partial charge in [0, 0.05) is 25.0 Å². The average Bonchev–Trinajstić information content (AvgIpc) is 3.07. The summed E-state index contributed by atoms with van der Waals surface area (Å²) in [6.45, 7) is 7.57. The minimum atomic E-state index is -2.04. The molecule has 0 amide bonds. The van der Waals surface area contributed by atoms with Gasteiger partial charge in [-0.05, 0) is 33.8 Å². The van der Waals surface area contributed by atoms with Gasteiger partial charge in [0.25, 0.3) is 0 Å². The number of carbonyl (C=O) groups is 3. The Bertz CT molecular complexity index is 737. The molecule has 0 aromatic rings. The lowest BCUT2D eigenvalue weighted by molar-refractivity contribution is -0.877. The topological polar surface area (TPSA) is 122 Å². The fourth-order valence-corrected chi connectivity index (χ4v) is 3.60. The third kappa shape index (κ3) is 5.23. The molecule has 1 saturated heterocycles. The van der Waals surface area contributed by atoms with Crippen molar-refractivity contribution in [1.82, 2.24) is 0 Å². The number of aliphatic hydroxyl groups is 1. The first-order valence-electron chi connectivity index (χ1n) is 9.56. The highest BCUT2D eigenvalue weighted by molar-refractivity contribution is 5.83. The van der Waals surface area contributed by atoms with Gasteiger partial charge in [-0.3, -0.25) is 4.79 Å². The average molecular weight is 411 g/mol. The Balaban J connectivity index is 2.03. The van der Waals surface area contributed by atoms with Gasteiger partial charge < -0.3 is 29.2 Å². The lowest BCUT2D eigenvalue weighted by Gasteiger charge is -2.40. The van der Waals surface area contributed by atoms with E-state index in [1.165, 1.54) is 26.8 Å². The van der Waals surface area contributed by atoms with Crippen molar-refractivity contribution in [2.75, 3.05) is 19.7 Å². The Hall–Kier alpha value is -2.23. The van der Waals surface area contributed by atoms with Gasteiger partial charge in [-0.1, -0.05) is 5.57 Å². The van der Waals surface area contributed by atoms with Crippen LogP contribution in [0.15, 0.2) is 23.3 Å². The third-order valence-electron chi connectivity index (χ3n) is 5.29. The van der Waals surface area contributed by atoms with Crippen LogP contribution in [0.4, 0.5) is 0 Å². The van der Waals surface area contributed by atoms with Crippen LogP contribution >= 0.6 is 0 Å². The fraction of sp³-hybridized carbons (Fsp3) is 0.650. The van der Waals surface area contributed by atoms with Crippen LogP contribution in [-0.2, 0) is 28.6 Å². The van der Waals surface area contributed by atoms with E-state index in [-0.39, 0.29) is 13.2 Å². The number of hydroxylamine groups is 3. The minimum Gasteiger partial charge on any atom is -0.632 e. The largest absolute Gasteiger partial charge is 0.632 e. The van der Waals surface area contributed by atoms with Crippen molar-refractivity contribution in [3.63, 3.8) is 0 Å². The summed E-state index contributed by atoms with van der Waals surface area (Å²) in [4.78, 5) is 35.4. The van der Waals surface area contributed by atoms with Crippen LogP contribution in [0.5, 0.6) is 0 Å². The molecule has 0 spiro atoms. The van der Waals surface area contributed by atoms with E-state index in [0.29, 0.717) is 18.5 Å². The Morgan fingerprint density at radius 3 is 2.62 bits per heavy atom. The molecular weight excluding hydrogens is 382 g/mol. The van der Waals surface area contributed by atoms with E-state index in [9.17, 15) is 24.7 Å². The number of rotatable bonds is 7. The zero-order valence-corrected chi connectivity index (χ0v) is 17.5. The predicted molar refractivity (Wildman–Crippen MR) is 102 cm³/mol. The SMILES string of the molecule is CC(=O)O[C@@H](C)[C@](C)(O)C(=O)OCC1=CC[N@@+]2([O-])CC[C@@H](OC(=O)C=C(C)C)[C@@H]12. The minimum absolute atomic E-state index is 0.203. The summed E-state index contributed by atoms with van der Waals surface area (Å²) in [6, 6.07) is -0.645. The third-order valence-corrected chi connectivity index (χ3v) is 5.29. The van der Waals surface area contributed by atoms with Crippen molar-refractivity contribution >= 4 is 17.9 Å². The van der Waals surface area contributed by atoms with Gasteiger partial charge in [0.2, 0.25) is 0 Å². The van der Waals surface area contributed by atoms with Crippen molar-refractivity contribution in [2.24, 2.45) is 0 Å². The van der Waals surface area contributed by atoms with Crippen molar-refractivity contribution in [3.8, 4) is 0 Å². The molecule has 2 aliphatic heterocycles. The molecule has 5 atom stereocenters. The maximum absolute atomic E-state index is 13.0. The quantitative estimate of drug-likeness (QED) is 0.165. The van der Waals surface area contributed by atoms with Crippen molar-refractivity contribution in [3.05, 3.63) is 28.5 Å². The zero-order chi connectivity index (χ0) is 22.0. The predicted octanol–water partition coefficient (Wildman–Crippen LogP) is 1.14. The summed E-state index contributed by atoms with van der Waals surface area (Å²) >= 11 is 0. The number of fused-ring (bicyclic) bond motifs is 1. The van der Waals surface area contributed by atoms with E-state index in [2.05, 4.69) is 0 Å². The van der Waals surface area contributed by atoms with E-state index in [1.807, 2.05) is 0 Å². The molecule has 162 valence electrons. The number of nitrogens with zero attached hydrogens (tertiary/aromatic N) is 1. The molecule has 1 N–H and O–H groups in total. The molecular formula is C20H29NO8. The molecule has 2 aliphatic rings. The van der Waals surface area contributed by atoms with Gasteiger partial charge in [-0.15, -0.1) is 0 Å². The van der Waals surface area contributed by atoms with Gasteiger partial charge in [0.1, 0.15) is 12.7 Å². The van der Waals surface area contributed by atoms with Gasteiger partial charge >= 0.3 is 17.9 Å². The van der Waals surface area contributed by atoms with E-state index in [4.69, 9.17) is 14.2 Å². The molecule has 0 radical (unpaired) electrons. The van der Waals surface area contributed by atoms with Crippen LogP contribution in [0.3, 0.4) is 0 Å². The lowest BCUT2D eigenvalue weighted by atomic mass is 10.0. The van der Waals surface area contributed by atoms with Gasteiger partial charge in [-0.2, -0.15) is 0 Å². The summed E-state index contributed by atoms with van der Waals surface area (Å²) < 4.78 is 15.0. The first-order chi connectivity index (χ1) is 13.4. The first-order valence-corrected chi connectivity index (χ1v) is 9.56. The number of quaternary nitrogens is 1. The lowest BCUT2D eigenvalue weighted by Crippen LogP contribution is -2.49. The molecule has 29 heavy (non-hydrogen) atoms. The molecule has 0 aliphatic carbocycles. The number of esters is 3. The standard InChI is InChI=1S/C20H29NO8/c1-12(2)10-17(23)29-16-7-9-21(26)8-6-15(18(16)21)11-27-19(24)20(5,25)13(3)28-14(4)22/h6,10,13,16,18,25H,7-9,11H2,1-5H3/t13-,16+,18+,20-,21+/m0/s1. The van der Waals surface area contributed by atoms with Gasteiger partial charge in [-0.25, -0.2) is 9.59 Å². The van der Waals surface area contributed by atoms with E-state index >= 15 is 0 Å². The molecule has 0 unspecified atom stereocenters. The van der Waals surface area contributed by atoms with Crippen LogP contribution in [0.25, 0.3) is 0 Å². The Labute approximate surface area is 170 Å². The van der Waals surface area contributed by atoms with Crippen molar-refractivity contribution in [2.45, 2.75) is 64.9 Å². The highest BCUT2D eigenvalue weighted by Gasteiger charge is 2.50. The Kier molecular flexibility index (Phi) is 6.87. The second kappa shape index (κ2) is 8.64. The molecule has 9 heteroatoms. The highest BCUT2D eigenvalue weighted by atomic mass is 16.6. The molecule has 2 heterocycles. The summed E-state index contributed by atoms with van der Waals surface area (Å²) in [5.41, 5.74) is -0.702. The number of hydrogen-bond donors (Lipinski definition) is 1. The second-order valence-electron chi connectivity index (χ2n) is 8.04. The van der Waals surface area contributed by atoms with E-state index < -0.39 is 46.4 Å². The Morgan fingerprint density at radius 2 is 2.03 bits per heavy atom. The van der Waals surface area contributed by atoms with Crippen LogP contribution in [0, 0.1) is 5.21 Å². The normalized spacial score (nSPS) is 28.4. The first kappa shape index (κ1) is 23.1. The summed E-state index contributed by atoms with van der Waals surface area (Å²) in [5, 5.41) is 23.3. The fourth-order valence-electron chi connectivity index (χ4n) is 3.60. The number of hydrogen-bond acceptors (Lipinski definition) is 8. The summed E-state index contributed by atoms with van der Waals surface area (Å²) in [5.74, 6) is -2.12. The molecule has 0 aromatic carbocycles. The van der Waals surface area contributed by atoms with E-state index in [1.54, 1.807) is 19.9 Å². The monoisotopic (exact) mass is 411 g/mol. The number of ether oxygens (including phenoxy) is 3. The second-order valence-corrected chi connectivity index (χ2v) is 8.04. The van der Waals surface area contributed by atoms with Crippen LogP contribution in [0.2, 0.25) is 0 Å². The number of allylic oxidation sites excluding steroid dienone is 1. The maximum Gasteiger partial charge on any atom is 0.342 e.